The fraction of sp³-hybridized carbons (Fsp3) is 0.333. The second-order valence-electron chi connectivity index (χ2n) is 7.20. The van der Waals surface area contributed by atoms with Gasteiger partial charge in [0.05, 0.1) is 0 Å². The van der Waals surface area contributed by atoms with Crippen LogP contribution in [0.4, 0.5) is 4.79 Å². The largest absolute Gasteiger partial charge is 0.477 e. The zero-order valence-electron chi connectivity index (χ0n) is 18.4. The number of benzene rings is 1. The van der Waals surface area contributed by atoms with Gasteiger partial charge in [-0.05, 0) is 0 Å². The first-order chi connectivity index (χ1) is 16.7. The third-order valence-electron chi connectivity index (χ3n) is 4.83. The zero-order chi connectivity index (χ0) is 25.5. The summed E-state index contributed by atoms with van der Waals surface area (Å²) in [6.07, 6.45) is -0.919. The van der Waals surface area contributed by atoms with Crippen molar-refractivity contribution in [2.75, 3.05) is 24.8 Å². The van der Waals surface area contributed by atoms with Gasteiger partial charge < -0.3 is 20.5 Å². The number of rotatable bonds is 9. The molecule has 14 heteroatoms. The van der Waals surface area contributed by atoms with E-state index in [-0.39, 0.29) is 41.8 Å². The third-order valence-corrected chi connectivity index (χ3v) is 6.36. The summed E-state index contributed by atoms with van der Waals surface area (Å²) in [4.78, 5) is 66.3. The normalized spacial score (nSPS) is 19.3. The summed E-state index contributed by atoms with van der Waals surface area (Å²) >= 11 is 6.72. The average molecular weight is 525 g/mol. The van der Waals surface area contributed by atoms with Crippen LogP contribution < -0.4 is 10.6 Å². The second-order valence-corrected chi connectivity index (χ2v) is 8.68. The van der Waals surface area contributed by atoms with Crippen molar-refractivity contribution in [3.63, 3.8) is 0 Å². The molecule has 1 aromatic carbocycles. The highest BCUT2D eigenvalue weighted by Gasteiger charge is 2.54. The number of oxime groups is 1. The molecule has 0 bridgehead atoms. The predicted molar refractivity (Wildman–Crippen MR) is 125 cm³/mol. The molecule has 2 heterocycles. The molecule has 3 amide bonds. The van der Waals surface area contributed by atoms with Crippen LogP contribution in [-0.4, -0.2) is 81.8 Å². The first-order valence-electron chi connectivity index (χ1n) is 10.2. The molecule has 0 spiro atoms. The summed E-state index contributed by atoms with van der Waals surface area (Å²) in [6.45, 7) is 1.07. The van der Waals surface area contributed by atoms with Crippen LogP contribution >= 0.6 is 23.4 Å². The SMILES string of the molecule is CC(=O)OCC1=C(C(=O)O)N2C(=O)[C@@H](NC(=O)C(=NOC(=O)NCCCl)c3ccccc3)[C@@H]2SC1. The molecular weight excluding hydrogens is 504 g/mol. The average Bonchev–Trinajstić information content (AvgIpc) is 2.84. The number of carbonyl (C=O) groups is 5. The number of carboxylic acid groups (broad SMARTS) is 1. The number of amides is 3. The Hall–Kier alpha value is -3.58. The fourth-order valence-electron chi connectivity index (χ4n) is 3.28. The Labute approximate surface area is 208 Å². The van der Waals surface area contributed by atoms with E-state index in [4.69, 9.17) is 21.2 Å². The summed E-state index contributed by atoms with van der Waals surface area (Å²) in [5.74, 6) is -3.05. The lowest BCUT2D eigenvalue weighted by atomic mass is 10.0. The van der Waals surface area contributed by atoms with Gasteiger partial charge in [-0.2, -0.15) is 0 Å². The first-order valence-corrected chi connectivity index (χ1v) is 11.8. The van der Waals surface area contributed by atoms with Crippen molar-refractivity contribution < 1.29 is 38.7 Å². The van der Waals surface area contributed by atoms with Gasteiger partial charge in [0.1, 0.15) is 23.7 Å². The Bertz CT molecular complexity index is 1090. The van der Waals surface area contributed by atoms with E-state index < -0.39 is 41.3 Å². The lowest BCUT2D eigenvalue weighted by Gasteiger charge is -2.49. The van der Waals surface area contributed by atoms with E-state index in [0.717, 1.165) is 4.90 Å². The number of aliphatic carboxylic acids is 1. The van der Waals surface area contributed by atoms with E-state index in [1.165, 1.54) is 18.7 Å². The molecule has 35 heavy (non-hydrogen) atoms. The summed E-state index contributed by atoms with van der Waals surface area (Å²) in [6, 6.07) is 7.09. The number of nitrogens with one attached hydrogen (secondary N) is 2. The topological polar surface area (TPSA) is 164 Å². The minimum absolute atomic E-state index is 0.132. The third kappa shape index (κ3) is 6.11. The Morgan fingerprint density at radius 1 is 1.26 bits per heavy atom. The van der Waals surface area contributed by atoms with Crippen LogP contribution in [0.15, 0.2) is 46.8 Å². The van der Waals surface area contributed by atoms with Crippen molar-refractivity contribution in [1.29, 1.82) is 0 Å². The van der Waals surface area contributed by atoms with Crippen LogP contribution in [0, 0.1) is 0 Å². The number of carboxylic acids is 1. The molecule has 1 fully saturated rings. The molecule has 2 atom stereocenters. The van der Waals surface area contributed by atoms with Crippen LogP contribution in [-0.2, 0) is 28.8 Å². The molecule has 0 aromatic heterocycles. The standard InChI is InChI=1S/C21H21ClN4O8S/c1-11(27)33-9-13-10-35-19-15(18(29)26(19)16(13)20(30)31)24-17(28)14(12-5-3-2-4-6-12)25-34-21(32)23-8-7-22/h2-6,15,19H,7-10H2,1H3,(H,23,32)(H,24,28)(H,30,31)/t15-,19+/m1/s1. The molecular formula is C21H21ClN4O8S. The number of carbonyl (C=O) groups excluding carboxylic acids is 4. The van der Waals surface area contributed by atoms with Gasteiger partial charge in [-0.25, -0.2) is 9.59 Å². The highest BCUT2D eigenvalue weighted by molar-refractivity contribution is 8.00. The first kappa shape index (κ1) is 26.0. The molecule has 1 aromatic rings. The maximum absolute atomic E-state index is 13.0. The molecule has 3 N–H and O–H groups in total. The lowest BCUT2D eigenvalue weighted by molar-refractivity contribution is -0.150. The Morgan fingerprint density at radius 2 is 1.97 bits per heavy atom. The van der Waals surface area contributed by atoms with Crippen LogP contribution in [0.3, 0.4) is 0 Å². The van der Waals surface area contributed by atoms with Gasteiger partial charge in [-0.1, -0.05) is 35.5 Å². The van der Waals surface area contributed by atoms with E-state index in [1.54, 1.807) is 30.3 Å². The summed E-state index contributed by atoms with van der Waals surface area (Å²) in [5.41, 5.74) is 0.0600. The monoisotopic (exact) mass is 524 g/mol. The number of halogens is 1. The molecule has 2 aliphatic rings. The maximum atomic E-state index is 13.0. The van der Waals surface area contributed by atoms with Crippen LogP contribution in [0.1, 0.15) is 12.5 Å². The summed E-state index contributed by atoms with van der Waals surface area (Å²) in [7, 11) is 0. The molecule has 0 radical (unpaired) electrons. The van der Waals surface area contributed by atoms with Crippen molar-refractivity contribution >= 4 is 58.9 Å². The van der Waals surface area contributed by atoms with Gasteiger partial charge in [0.15, 0.2) is 5.71 Å². The molecule has 12 nitrogen and oxygen atoms in total. The van der Waals surface area contributed by atoms with Crippen LogP contribution in [0.5, 0.6) is 0 Å². The highest BCUT2D eigenvalue weighted by Crippen LogP contribution is 2.40. The van der Waals surface area contributed by atoms with Gasteiger partial charge in [-0.15, -0.1) is 23.4 Å². The van der Waals surface area contributed by atoms with Crippen molar-refractivity contribution in [1.82, 2.24) is 15.5 Å². The molecule has 0 unspecified atom stereocenters. The zero-order valence-corrected chi connectivity index (χ0v) is 19.9. The molecule has 1 saturated heterocycles. The van der Waals surface area contributed by atoms with Crippen LogP contribution in [0.2, 0.25) is 0 Å². The predicted octanol–water partition coefficient (Wildman–Crippen LogP) is 0.657. The van der Waals surface area contributed by atoms with E-state index in [1.807, 2.05) is 0 Å². The van der Waals surface area contributed by atoms with Gasteiger partial charge in [0.25, 0.3) is 11.8 Å². The van der Waals surface area contributed by atoms with E-state index in [9.17, 15) is 29.1 Å². The molecule has 0 saturated carbocycles. The van der Waals surface area contributed by atoms with Crippen molar-refractivity contribution in [2.24, 2.45) is 5.16 Å². The number of alkyl halides is 1. The smallest absolute Gasteiger partial charge is 0.433 e. The lowest BCUT2D eigenvalue weighted by Crippen LogP contribution is -2.71. The maximum Gasteiger partial charge on any atom is 0.433 e. The molecule has 2 aliphatic heterocycles. The van der Waals surface area contributed by atoms with Gasteiger partial charge in [0.2, 0.25) is 0 Å². The van der Waals surface area contributed by atoms with Gasteiger partial charge in [0, 0.05) is 36.2 Å². The molecule has 186 valence electrons. The number of fused-ring (bicyclic) bond motifs is 1. The Balaban J connectivity index is 1.77. The van der Waals surface area contributed by atoms with E-state index >= 15 is 0 Å². The summed E-state index contributed by atoms with van der Waals surface area (Å²) in [5, 5.41) is 17.5. The molecule has 3 rings (SSSR count). The Morgan fingerprint density at radius 3 is 2.60 bits per heavy atom. The van der Waals surface area contributed by atoms with E-state index in [2.05, 4.69) is 15.8 Å². The van der Waals surface area contributed by atoms with Crippen molar-refractivity contribution in [3.05, 3.63) is 47.2 Å². The number of nitrogens with zero attached hydrogens (tertiary/aromatic N) is 2. The minimum Gasteiger partial charge on any atom is -0.477 e. The molecule has 0 aliphatic carbocycles. The van der Waals surface area contributed by atoms with E-state index in [0.29, 0.717) is 5.56 Å². The number of β-lactam (4-membered cyclic amide) rings is 1. The van der Waals surface area contributed by atoms with Crippen LogP contribution in [0.25, 0.3) is 0 Å². The number of esters is 1. The number of thioether (sulfide) groups is 1. The number of ether oxygens (including phenoxy) is 1. The Kier molecular flexibility index (Phi) is 8.71. The quantitative estimate of drug-likeness (QED) is 0.105. The number of hydrogen-bond donors (Lipinski definition) is 3. The highest BCUT2D eigenvalue weighted by atomic mass is 35.5. The van der Waals surface area contributed by atoms with Gasteiger partial charge in [-0.3, -0.25) is 24.1 Å². The van der Waals surface area contributed by atoms with Crippen molar-refractivity contribution in [3.8, 4) is 0 Å². The second kappa shape index (κ2) is 11.7. The summed E-state index contributed by atoms with van der Waals surface area (Å²) < 4.78 is 4.90. The number of hydrogen-bond acceptors (Lipinski definition) is 9. The van der Waals surface area contributed by atoms with Gasteiger partial charge >= 0.3 is 18.0 Å². The minimum atomic E-state index is -1.35. The fourth-order valence-corrected chi connectivity index (χ4v) is 4.70. The van der Waals surface area contributed by atoms with Crippen molar-refractivity contribution in [2.45, 2.75) is 18.3 Å².